The molecule has 2 N–H and O–H groups in total. The van der Waals surface area contributed by atoms with E-state index >= 15 is 0 Å². The van der Waals surface area contributed by atoms with Crippen molar-refractivity contribution < 1.29 is 4.79 Å². The molecule has 0 aromatic heterocycles. The summed E-state index contributed by atoms with van der Waals surface area (Å²) in [4.78, 5) is 21.3. The number of guanidine groups is 1. The van der Waals surface area contributed by atoms with E-state index in [0.29, 0.717) is 6.54 Å². The maximum Gasteiger partial charge on any atom is 0.240 e. The molecule has 0 aliphatic carbocycles. The number of nitrogens with zero attached hydrogens (tertiary/aromatic N) is 3. The molecule has 1 rings (SSSR count). The van der Waals surface area contributed by atoms with Gasteiger partial charge in [0.1, 0.15) is 0 Å². The summed E-state index contributed by atoms with van der Waals surface area (Å²) >= 11 is 0. The third kappa shape index (κ3) is 10.6. The van der Waals surface area contributed by atoms with Crippen molar-refractivity contribution in [2.75, 3.05) is 46.3 Å². The molecule has 0 saturated carbocycles. The molecule has 1 saturated heterocycles. The van der Waals surface area contributed by atoms with E-state index in [1.165, 1.54) is 51.7 Å². The number of likely N-dealkylation sites (tertiary alicyclic amines) is 1. The molecule has 0 bridgehead atoms. The molecule has 1 heterocycles. The zero-order chi connectivity index (χ0) is 19.4. The molecule has 1 aliphatic rings. The molecule has 0 atom stereocenters. The van der Waals surface area contributed by atoms with Gasteiger partial charge in [0.15, 0.2) is 5.96 Å². The van der Waals surface area contributed by atoms with Gasteiger partial charge in [-0.05, 0) is 73.0 Å². The Morgan fingerprint density at radius 3 is 2.42 bits per heavy atom. The number of piperidine rings is 1. The summed E-state index contributed by atoms with van der Waals surface area (Å²) < 4.78 is 0. The molecule has 0 radical (unpaired) electrons. The fourth-order valence-corrected chi connectivity index (χ4v) is 3.21. The number of carbonyl (C=O) groups excluding carboxylic acids is 1. The maximum absolute atomic E-state index is 12.1. The lowest BCUT2D eigenvalue weighted by Gasteiger charge is -2.26. The van der Waals surface area contributed by atoms with Crippen LogP contribution in [0, 0.1) is 0 Å². The summed E-state index contributed by atoms with van der Waals surface area (Å²) in [6.07, 6.45) is 7.71. The van der Waals surface area contributed by atoms with Crippen LogP contribution in [0.5, 0.6) is 0 Å². The topological polar surface area (TPSA) is 60.0 Å². The third-order valence-corrected chi connectivity index (χ3v) is 4.43. The van der Waals surface area contributed by atoms with Gasteiger partial charge in [0.05, 0.1) is 6.54 Å². The van der Waals surface area contributed by atoms with Gasteiger partial charge < -0.3 is 20.4 Å². The Morgan fingerprint density at radius 1 is 1.12 bits per heavy atom. The molecular formula is C20H41N5O. The largest absolute Gasteiger partial charge is 0.357 e. The average Bonchev–Trinajstić information content (AvgIpc) is 2.56. The van der Waals surface area contributed by atoms with E-state index in [1.807, 2.05) is 32.7 Å². The Balaban J connectivity index is 2.29. The average molecular weight is 368 g/mol. The van der Waals surface area contributed by atoms with Gasteiger partial charge in [-0.2, -0.15) is 0 Å². The van der Waals surface area contributed by atoms with Crippen LogP contribution < -0.4 is 10.6 Å². The third-order valence-electron chi connectivity index (χ3n) is 4.43. The summed E-state index contributed by atoms with van der Waals surface area (Å²) in [5.41, 5.74) is -0.207. The van der Waals surface area contributed by atoms with E-state index < -0.39 is 0 Å². The highest BCUT2D eigenvalue weighted by molar-refractivity contribution is 5.86. The second kappa shape index (κ2) is 12.2. The highest BCUT2D eigenvalue weighted by Gasteiger charge is 2.16. The van der Waals surface area contributed by atoms with Crippen molar-refractivity contribution in [1.82, 2.24) is 20.4 Å². The highest BCUT2D eigenvalue weighted by Crippen LogP contribution is 2.10. The molecule has 152 valence electrons. The zero-order valence-electron chi connectivity index (χ0n) is 17.7. The second-order valence-corrected chi connectivity index (χ2v) is 8.35. The molecule has 26 heavy (non-hydrogen) atoms. The summed E-state index contributed by atoms with van der Waals surface area (Å²) in [6, 6.07) is 0. The number of hydrogen-bond donors (Lipinski definition) is 2. The van der Waals surface area contributed by atoms with Crippen LogP contribution in [0.4, 0.5) is 0 Å². The lowest BCUT2D eigenvalue weighted by Crippen LogP contribution is -2.48. The summed E-state index contributed by atoms with van der Waals surface area (Å²) in [6.45, 7) is 13.8. The Hall–Kier alpha value is -1.30. The molecule has 0 spiro atoms. The first-order chi connectivity index (χ1) is 12.3. The highest BCUT2D eigenvalue weighted by atomic mass is 16.2. The predicted molar refractivity (Wildman–Crippen MR) is 111 cm³/mol. The predicted octanol–water partition coefficient (Wildman–Crippen LogP) is 2.45. The number of nitrogens with one attached hydrogen (secondary N) is 2. The van der Waals surface area contributed by atoms with E-state index in [9.17, 15) is 4.79 Å². The van der Waals surface area contributed by atoms with Crippen LogP contribution in [0.25, 0.3) is 0 Å². The first-order valence-corrected chi connectivity index (χ1v) is 10.3. The van der Waals surface area contributed by atoms with E-state index in [-0.39, 0.29) is 11.4 Å². The maximum atomic E-state index is 12.1. The number of amides is 1. The summed E-state index contributed by atoms with van der Waals surface area (Å²) in [5.74, 6) is 0.833. The van der Waals surface area contributed by atoms with Crippen LogP contribution in [-0.2, 0) is 4.79 Å². The number of carbonyl (C=O) groups is 1. The van der Waals surface area contributed by atoms with Crippen LogP contribution in [0.15, 0.2) is 4.99 Å². The normalized spacial score (nSPS) is 16.4. The monoisotopic (exact) mass is 367 g/mol. The van der Waals surface area contributed by atoms with Crippen LogP contribution in [-0.4, -0.2) is 73.5 Å². The molecule has 1 fully saturated rings. The van der Waals surface area contributed by atoms with Gasteiger partial charge in [0, 0.05) is 25.7 Å². The van der Waals surface area contributed by atoms with Gasteiger partial charge in [0.2, 0.25) is 5.91 Å². The van der Waals surface area contributed by atoms with Crippen molar-refractivity contribution in [3.05, 3.63) is 0 Å². The van der Waals surface area contributed by atoms with Gasteiger partial charge in [-0.25, -0.2) is 0 Å². The fraction of sp³-hybridized carbons (Fsp3) is 0.900. The minimum Gasteiger partial charge on any atom is -0.357 e. The Morgan fingerprint density at radius 2 is 1.81 bits per heavy atom. The number of likely N-dealkylation sites (N-methyl/N-ethyl adjacent to an activating group) is 1. The van der Waals surface area contributed by atoms with Gasteiger partial charge in [-0.15, -0.1) is 0 Å². The second-order valence-electron chi connectivity index (χ2n) is 8.35. The van der Waals surface area contributed by atoms with Gasteiger partial charge >= 0.3 is 0 Å². The van der Waals surface area contributed by atoms with E-state index in [1.54, 1.807) is 0 Å². The van der Waals surface area contributed by atoms with Gasteiger partial charge in [-0.3, -0.25) is 9.79 Å². The molecule has 0 aromatic carbocycles. The molecule has 6 heteroatoms. The molecule has 0 aromatic rings. The fourth-order valence-electron chi connectivity index (χ4n) is 3.21. The Bertz CT molecular complexity index is 424. The number of rotatable bonds is 9. The van der Waals surface area contributed by atoms with Gasteiger partial charge in [-0.1, -0.05) is 12.8 Å². The number of aliphatic imine (C=N–C) groups is 1. The van der Waals surface area contributed by atoms with Crippen molar-refractivity contribution in [2.24, 2.45) is 4.99 Å². The number of unbranched alkanes of at least 4 members (excludes halogenated alkanes) is 2. The smallest absolute Gasteiger partial charge is 0.240 e. The molecule has 1 amide bonds. The lowest BCUT2D eigenvalue weighted by molar-refractivity contribution is -0.122. The molecular weight excluding hydrogens is 326 g/mol. The Labute approximate surface area is 160 Å². The van der Waals surface area contributed by atoms with Crippen molar-refractivity contribution in [1.29, 1.82) is 0 Å². The minimum absolute atomic E-state index is 0.0205. The van der Waals surface area contributed by atoms with Crippen molar-refractivity contribution in [2.45, 2.75) is 71.8 Å². The van der Waals surface area contributed by atoms with E-state index in [2.05, 4.69) is 27.4 Å². The van der Waals surface area contributed by atoms with Crippen LogP contribution in [0.1, 0.15) is 66.2 Å². The molecule has 1 aliphatic heterocycles. The minimum atomic E-state index is -0.207. The van der Waals surface area contributed by atoms with E-state index in [0.717, 1.165) is 25.5 Å². The van der Waals surface area contributed by atoms with Crippen molar-refractivity contribution >= 4 is 11.9 Å². The molecule has 0 unspecified atom stereocenters. The van der Waals surface area contributed by atoms with Crippen molar-refractivity contribution in [3.8, 4) is 0 Å². The summed E-state index contributed by atoms with van der Waals surface area (Å²) in [7, 11) is 1.92. The standard InChI is InChI=1S/C20H41N5O/c1-6-21-19(24(5)17-18(26)23-20(2,3)4)22-13-9-7-10-14-25-15-11-8-12-16-25/h6-17H2,1-5H3,(H,21,22)(H,23,26). The lowest BCUT2D eigenvalue weighted by atomic mass is 10.1. The van der Waals surface area contributed by atoms with E-state index in [4.69, 9.17) is 0 Å². The zero-order valence-corrected chi connectivity index (χ0v) is 17.7. The summed E-state index contributed by atoms with van der Waals surface area (Å²) in [5, 5.41) is 6.28. The van der Waals surface area contributed by atoms with Crippen LogP contribution >= 0.6 is 0 Å². The quantitative estimate of drug-likeness (QED) is 0.373. The number of hydrogen-bond acceptors (Lipinski definition) is 3. The van der Waals surface area contributed by atoms with Crippen molar-refractivity contribution in [3.63, 3.8) is 0 Å². The van der Waals surface area contributed by atoms with Gasteiger partial charge in [0.25, 0.3) is 0 Å². The van der Waals surface area contributed by atoms with Crippen LogP contribution in [0.2, 0.25) is 0 Å². The molecule has 6 nitrogen and oxygen atoms in total. The van der Waals surface area contributed by atoms with Crippen LogP contribution in [0.3, 0.4) is 0 Å². The first kappa shape index (κ1) is 22.7. The SMILES string of the molecule is CCNC(=NCCCCCN1CCCCC1)N(C)CC(=O)NC(C)(C)C. The Kier molecular flexibility index (Phi) is 10.6. The first-order valence-electron chi connectivity index (χ1n) is 10.3.